The van der Waals surface area contributed by atoms with Crippen LogP contribution in [0.5, 0.6) is 5.75 Å². The average Bonchev–Trinajstić information content (AvgIpc) is 2.55. The average molecular weight is 281 g/mol. The highest BCUT2D eigenvalue weighted by molar-refractivity contribution is 5.55. The van der Waals surface area contributed by atoms with Crippen LogP contribution in [0.3, 0.4) is 0 Å². The molecule has 2 aromatic rings. The van der Waals surface area contributed by atoms with Crippen molar-refractivity contribution in [2.24, 2.45) is 0 Å². The molecule has 0 aromatic heterocycles. The normalized spacial score (nSPS) is 13.9. The van der Waals surface area contributed by atoms with Gasteiger partial charge >= 0.3 is 0 Å². The second kappa shape index (κ2) is 6.66. The van der Waals surface area contributed by atoms with Gasteiger partial charge in [-0.05, 0) is 42.5 Å². The number of hydrogen-bond acceptors (Lipinski definition) is 2. The van der Waals surface area contributed by atoms with Gasteiger partial charge in [0.05, 0.1) is 6.54 Å². The zero-order valence-corrected chi connectivity index (χ0v) is 12.7. The number of aryl methyl sites for hydroxylation is 2. The number of fused-ring (bicyclic) bond motifs is 1. The summed E-state index contributed by atoms with van der Waals surface area (Å²) in [5.74, 6) is 1.03. The summed E-state index contributed by atoms with van der Waals surface area (Å²) in [6, 6.07) is 17.1. The van der Waals surface area contributed by atoms with E-state index in [0.29, 0.717) is 0 Å². The zero-order valence-electron chi connectivity index (χ0n) is 12.7. The first-order valence-electron chi connectivity index (χ1n) is 7.92. The molecule has 0 saturated heterocycles. The molecule has 0 fully saturated rings. The molecule has 0 amide bonds. The fourth-order valence-corrected chi connectivity index (χ4v) is 3.05. The third kappa shape index (κ3) is 3.21. The van der Waals surface area contributed by atoms with Gasteiger partial charge in [0.25, 0.3) is 0 Å². The first-order valence-corrected chi connectivity index (χ1v) is 7.92. The van der Waals surface area contributed by atoms with Crippen LogP contribution in [0.2, 0.25) is 0 Å². The third-order valence-electron chi connectivity index (χ3n) is 4.18. The number of hydrogen-bond donors (Lipinski definition) is 0. The minimum atomic E-state index is 0.741. The van der Waals surface area contributed by atoms with Crippen LogP contribution in [0.15, 0.2) is 48.5 Å². The van der Waals surface area contributed by atoms with Gasteiger partial charge in [-0.25, -0.2) is 0 Å². The molecule has 0 radical (unpaired) electrons. The van der Waals surface area contributed by atoms with E-state index in [1.54, 1.807) is 0 Å². The van der Waals surface area contributed by atoms with Gasteiger partial charge in [0.15, 0.2) is 0 Å². The topological polar surface area (TPSA) is 12.5 Å². The lowest BCUT2D eigenvalue weighted by Crippen LogP contribution is -2.33. The molecular weight excluding hydrogens is 258 g/mol. The highest BCUT2D eigenvalue weighted by Crippen LogP contribution is 2.26. The van der Waals surface area contributed by atoms with Gasteiger partial charge in [0.2, 0.25) is 0 Å². The van der Waals surface area contributed by atoms with E-state index in [1.165, 1.54) is 29.7 Å². The standard InChI is InChI=1S/C19H23NO/c1-2-16-8-4-6-12-19(16)21-15-14-20-13-7-10-17-9-3-5-11-18(17)20/h3-6,8-9,11-12H,2,7,10,13-15H2,1H3. The van der Waals surface area contributed by atoms with Crippen LogP contribution < -0.4 is 9.64 Å². The molecule has 1 aliphatic heterocycles. The SMILES string of the molecule is CCc1ccccc1OCCN1CCCc2ccccc21. The largest absolute Gasteiger partial charge is 0.491 e. The lowest BCUT2D eigenvalue weighted by molar-refractivity contribution is 0.319. The monoisotopic (exact) mass is 281 g/mol. The Bertz CT molecular complexity index is 594. The Morgan fingerprint density at radius 1 is 1.05 bits per heavy atom. The molecule has 0 unspecified atom stereocenters. The maximum absolute atomic E-state index is 6.00. The second-order valence-electron chi connectivity index (χ2n) is 5.53. The molecule has 0 saturated carbocycles. The molecule has 0 bridgehead atoms. The Hall–Kier alpha value is -1.96. The van der Waals surface area contributed by atoms with E-state index in [4.69, 9.17) is 4.74 Å². The summed E-state index contributed by atoms with van der Waals surface area (Å²) < 4.78 is 6.00. The van der Waals surface area contributed by atoms with Crippen LogP contribution in [0.25, 0.3) is 0 Å². The molecule has 0 spiro atoms. The van der Waals surface area contributed by atoms with E-state index in [1.807, 2.05) is 6.07 Å². The van der Waals surface area contributed by atoms with Gasteiger partial charge in [-0.15, -0.1) is 0 Å². The predicted molar refractivity (Wildman–Crippen MR) is 88.3 cm³/mol. The van der Waals surface area contributed by atoms with Crippen molar-refractivity contribution in [3.8, 4) is 5.75 Å². The molecule has 3 rings (SSSR count). The first kappa shape index (κ1) is 14.0. The minimum Gasteiger partial charge on any atom is -0.491 e. The molecule has 0 atom stereocenters. The minimum absolute atomic E-state index is 0.741. The van der Waals surface area contributed by atoms with Crippen LogP contribution in [0, 0.1) is 0 Å². The highest BCUT2D eigenvalue weighted by atomic mass is 16.5. The van der Waals surface area contributed by atoms with E-state index >= 15 is 0 Å². The number of rotatable bonds is 5. The number of benzene rings is 2. The predicted octanol–water partition coefficient (Wildman–Crippen LogP) is 4.08. The highest BCUT2D eigenvalue weighted by Gasteiger charge is 2.15. The zero-order chi connectivity index (χ0) is 14.5. The Morgan fingerprint density at radius 2 is 1.86 bits per heavy atom. The van der Waals surface area contributed by atoms with E-state index in [2.05, 4.69) is 54.3 Å². The third-order valence-corrected chi connectivity index (χ3v) is 4.18. The molecule has 1 aliphatic rings. The number of nitrogens with zero attached hydrogens (tertiary/aromatic N) is 1. The molecule has 0 aliphatic carbocycles. The van der Waals surface area contributed by atoms with Gasteiger partial charge in [-0.2, -0.15) is 0 Å². The maximum Gasteiger partial charge on any atom is 0.122 e. The Morgan fingerprint density at radius 3 is 2.76 bits per heavy atom. The van der Waals surface area contributed by atoms with Crippen LogP contribution in [0.1, 0.15) is 24.5 Å². The fourth-order valence-electron chi connectivity index (χ4n) is 3.05. The van der Waals surface area contributed by atoms with Crippen LogP contribution in [0.4, 0.5) is 5.69 Å². The second-order valence-corrected chi connectivity index (χ2v) is 5.53. The van der Waals surface area contributed by atoms with Crippen molar-refractivity contribution >= 4 is 5.69 Å². The Kier molecular flexibility index (Phi) is 4.44. The van der Waals surface area contributed by atoms with Crippen LogP contribution in [-0.4, -0.2) is 19.7 Å². The van der Waals surface area contributed by atoms with Gasteiger partial charge in [-0.1, -0.05) is 43.3 Å². The van der Waals surface area contributed by atoms with E-state index < -0.39 is 0 Å². The maximum atomic E-state index is 6.00. The Labute approximate surface area is 127 Å². The molecule has 21 heavy (non-hydrogen) atoms. The fraction of sp³-hybridized carbons (Fsp3) is 0.368. The summed E-state index contributed by atoms with van der Waals surface area (Å²) in [6.45, 7) is 5.00. The molecule has 0 N–H and O–H groups in total. The summed E-state index contributed by atoms with van der Waals surface area (Å²) >= 11 is 0. The Balaban J connectivity index is 1.61. The quantitative estimate of drug-likeness (QED) is 0.819. The number of anilines is 1. The van der Waals surface area contributed by atoms with Crippen molar-refractivity contribution in [2.75, 3.05) is 24.6 Å². The van der Waals surface area contributed by atoms with Gasteiger partial charge < -0.3 is 9.64 Å². The molecule has 2 aromatic carbocycles. The van der Waals surface area contributed by atoms with Crippen molar-refractivity contribution in [2.45, 2.75) is 26.2 Å². The van der Waals surface area contributed by atoms with Gasteiger partial charge in [-0.3, -0.25) is 0 Å². The molecule has 1 heterocycles. The molecule has 2 nitrogen and oxygen atoms in total. The summed E-state index contributed by atoms with van der Waals surface area (Å²) in [7, 11) is 0. The van der Waals surface area contributed by atoms with Crippen molar-refractivity contribution in [3.63, 3.8) is 0 Å². The summed E-state index contributed by atoms with van der Waals surface area (Å²) in [5, 5.41) is 0. The molecule has 110 valence electrons. The van der Waals surface area contributed by atoms with E-state index in [0.717, 1.165) is 31.9 Å². The smallest absolute Gasteiger partial charge is 0.122 e. The van der Waals surface area contributed by atoms with E-state index in [9.17, 15) is 0 Å². The number of ether oxygens (including phenoxy) is 1. The lowest BCUT2D eigenvalue weighted by Gasteiger charge is -2.31. The van der Waals surface area contributed by atoms with Crippen molar-refractivity contribution < 1.29 is 4.74 Å². The van der Waals surface area contributed by atoms with Gasteiger partial charge in [0.1, 0.15) is 12.4 Å². The van der Waals surface area contributed by atoms with Crippen molar-refractivity contribution in [1.29, 1.82) is 0 Å². The van der Waals surface area contributed by atoms with Crippen molar-refractivity contribution in [1.82, 2.24) is 0 Å². The lowest BCUT2D eigenvalue weighted by atomic mass is 10.0. The van der Waals surface area contributed by atoms with Crippen LogP contribution in [-0.2, 0) is 12.8 Å². The summed E-state index contributed by atoms with van der Waals surface area (Å²) in [5.41, 5.74) is 4.14. The summed E-state index contributed by atoms with van der Waals surface area (Å²) in [4.78, 5) is 2.45. The molecular formula is C19H23NO. The van der Waals surface area contributed by atoms with Crippen molar-refractivity contribution in [3.05, 3.63) is 59.7 Å². The van der Waals surface area contributed by atoms with E-state index in [-0.39, 0.29) is 0 Å². The summed E-state index contributed by atoms with van der Waals surface area (Å²) in [6.07, 6.45) is 3.46. The first-order chi connectivity index (χ1) is 10.4. The van der Waals surface area contributed by atoms with Gasteiger partial charge in [0, 0.05) is 12.2 Å². The number of para-hydroxylation sites is 2. The van der Waals surface area contributed by atoms with Crippen LogP contribution >= 0.6 is 0 Å². The molecule has 2 heteroatoms.